The van der Waals surface area contributed by atoms with Gasteiger partial charge in [-0.3, -0.25) is 4.79 Å². The van der Waals surface area contributed by atoms with Crippen molar-refractivity contribution in [2.75, 3.05) is 26.3 Å². The molecule has 2 atom stereocenters. The van der Waals surface area contributed by atoms with Crippen molar-refractivity contribution in [2.24, 2.45) is 5.92 Å². The van der Waals surface area contributed by atoms with Crippen LogP contribution in [0.4, 0.5) is 0 Å². The molecule has 1 N–H and O–H groups in total. The molecule has 4 nitrogen and oxygen atoms in total. The molecule has 1 amide bonds. The highest BCUT2D eigenvalue weighted by Crippen LogP contribution is 2.18. The Bertz CT molecular complexity index is 223. The Hall–Kier alpha value is -0.320. The number of carbonyl (C=O) groups excluding carboxylic acids is 1. The van der Waals surface area contributed by atoms with E-state index in [2.05, 4.69) is 19.2 Å². The van der Waals surface area contributed by atoms with Gasteiger partial charge in [-0.2, -0.15) is 0 Å². The fourth-order valence-corrected chi connectivity index (χ4v) is 2.11. The largest absolute Gasteiger partial charge is 0.377 e. The summed E-state index contributed by atoms with van der Waals surface area (Å²) < 4.78 is 5.40. The fourth-order valence-electron chi connectivity index (χ4n) is 2.11. The Morgan fingerprint density at radius 3 is 2.20 bits per heavy atom. The van der Waals surface area contributed by atoms with E-state index in [-0.39, 0.29) is 30.4 Å². The molecule has 15 heavy (non-hydrogen) atoms. The minimum Gasteiger partial charge on any atom is -0.377 e. The van der Waals surface area contributed by atoms with Crippen molar-refractivity contribution in [1.29, 1.82) is 0 Å². The molecule has 0 spiro atoms. The third-order valence-corrected chi connectivity index (χ3v) is 3.05. The molecule has 0 saturated carbocycles. The van der Waals surface area contributed by atoms with E-state index >= 15 is 0 Å². The zero-order valence-corrected chi connectivity index (χ0v) is 10.0. The number of ether oxygens (including phenoxy) is 1. The lowest BCUT2D eigenvalue weighted by molar-refractivity contribution is -0.150. The van der Waals surface area contributed by atoms with Gasteiger partial charge < -0.3 is 15.0 Å². The van der Waals surface area contributed by atoms with Crippen molar-refractivity contribution in [1.82, 2.24) is 10.2 Å². The highest BCUT2D eigenvalue weighted by molar-refractivity contribution is 5.85. The third kappa shape index (κ3) is 2.44. The van der Waals surface area contributed by atoms with Gasteiger partial charge in [-0.1, -0.05) is 0 Å². The predicted molar refractivity (Wildman–Crippen MR) is 60.2 cm³/mol. The first-order valence-corrected chi connectivity index (χ1v) is 5.30. The average molecular weight is 235 g/mol. The van der Waals surface area contributed by atoms with Gasteiger partial charge in [0.05, 0.1) is 31.2 Å². The summed E-state index contributed by atoms with van der Waals surface area (Å²) >= 11 is 0. The zero-order chi connectivity index (χ0) is 10.1. The van der Waals surface area contributed by atoms with Gasteiger partial charge in [0.25, 0.3) is 0 Å². The van der Waals surface area contributed by atoms with Gasteiger partial charge in [0.1, 0.15) is 0 Å². The summed E-state index contributed by atoms with van der Waals surface area (Å²) in [5.74, 6) is 0.505. The molecule has 2 aliphatic rings. The van der Waals surface area contributed by atoms with Crippen LogP contribution in [-0.2, 0) is 9.53 Å². The molecule has 2 heterocycles. The normalized spacial score (nSPS) is 31.7. The molecule has 2 rings (SSSR count). The molecule has 0 aliphatic carbocycles. The van der Waals surface area contributed by atoms with E-state index < -0.39 is 0 Å². The van der Waals surface area contributed by atoms with E-state index in [4.69, 9.17) is 4.74 Å². The summed E-state index contributed by atoms with van der Waals surface area (Å²) in [6.07, 6.45) is 0. The highest BCUT2D eigenvalue weighted by Gasteiger charge is 2.36. The topological polar surface area (TPSA) is 41.6 Å². The lowest BCUT2D eigenvalue weighted by Gasteiger charge is -2.42. The van der Waals surface area contributed by atoms with Crippen LogP contribution < -0.4 is 5.32 Å². The lowest BCUT2D eigenvalue weighted by Crippen LogP contribution is -2.59. The van der Waals surface area contributed by atoms with Gasteiger partial charge in [-0.05, 0) is 13.8 Å². The second kappa shape index (κ2) is 5.14. The van der Waals surface area contributed by atoms with E-state index in [0.717, 1.165) is 13.1 Å². The minimum atomic E-state index is 0. The summed E-state index contributed by atoms with van der Waals surface area (Å²) in [5, 5.41) is 3.13. The van der Waals surface area contributed by atoms with Gasteiger partial charge in [0.2, 0.25) is 5.91 Å². The fraction of sp³-hybridized carbons (Fsp3) is 0.900. The Kier molecular flexibility index (Phi) is 4.37. The first-order valence-electron chi connectivity index (χ1n) is 5.30. The van der Waals surface area contributed by atoms with Crippen molar-refractivity contribution in [2.45, 2.75) is 25.9 Å². The number of carbonyl (C=O) groups is 1. The van der Waals surface area contributed by atoms with Gasteiger partial charge in [-0.25, -0.2) is 0 Å². The van der Waals surface area contributed by atoms with Crippen molar-refractivity contribution < 1.29 is 9.53 Å². The molecule has 0 bridgehead atoms. The first-order chi connectivity index (χ1) is 6.70. The quantitative estimate of drug-likeness (QED) is 0.708. The molecule has 2 unspecified atom stereocenters. The van der Waals surface area contributed by atoms with E-state index in [9.17, 15) is 4.79 Å². The molecular formula is C10H19ClN2O2. The van der Waals surface area contributed by atoms with E-state index in [1.807, 2.05) is 4.90 Å². The van der Waals surface area contributed by atoms with Crippen LogP contribution in [0.15, 0.2) is 0 Å². The van der Waals surface area contributed by atoms with Gasteiger partial charge in [0.15, 0.2) is 0 Å². The maximum Gasteiger partial charge on any atom is 0.228 e. The summed E-state index contributed by atoms with van der Waals surface area (Å²) in [5.41, 5.74) is 0. The molecule has 0 radical (unpaired) electrons. The Labute approximate surface area is 96.7 Å². The number of halogens is 1. The molecule has 2 fully saturated rings. The smallest absolute Gasteiger partial charge is 0.228 e. The van der Waals surface area contributed by atoms with Crippen molar-refractivity contribution in [3.63, 3.8) is 0 Å². The number of hydrogen-bond donors (Lipinski definition) is 1. The molecule has 2 saturated heterocycles. The van der Waals surface area contributed by atoms with E-state index in [1.165, 1.54) is 0 Å². The Balaban J connectivity index is 0.00000112. The van der Waals surface area contributed by atoms with Gasteiger partial charge in [-0.15, -0.1) is 12.4 Å². The maximum absolute atomic E-state index is 12.0. The molecule has 2 aliphatic heterocycles. The summed E-state index contributed by atoms with van der Waals surface area (Å²) in [7, 11) is 0. The monoisotopic (exact) mass is 234 g/mol. The third-order valence-electron chi connectivity index (χ3n) is 3.05. The number of nitrogens with one attached hydrogen (secondary N) is 1. The standard InChI is InChI=1S/C10H18N2O2.ClH/c1-7-5-14-6-8(2)12(7)10(13)9-3-11-4-9;/h7-9,11H,3-6H2,1-2H3;1H. The van der Waals surface area contributed by atoms with Crippen LogP contribution in [0.3, 0.4) is 0 Å². The van der Waals surface area contributed by atoms with Crippen LogP contribution in [0.25, 0.3) is 0 Å². The van der Waals surface area contributed by atoms with Crippen molar-refractivity contribution >= 4 is 18.3 Å². The number of rotatable bonds is 1. The molecule has 0 aromatic carbocycles. The SMILES string of the molecule is CC1COCC(C)N1C(=O)C1CNC1.Cl. The summed E-state index contributed by atoms with van der Waals surface area (Å²) in [6, 6.07) is 0.457. The predicted octanol–water partition coefficient (Wildman–Crippen LogP) is 0.263. The zero-order valence-electron chi connectivity index (χ0n) is 9.23. The van der Waals surface area contributed by atoms with Crippen LogP contribution in [0.2, 0.25) is 0 Å². The van der Waals surface area contributed by atoms with Crippen LogP contribution >= 0.6 is 12.4 Å². The second-order valence-corrected chi connectivity index (χ2v) is 4.34. The highest BCUT2D eigenvalue weighted by atomic mass is 35.5. The van der Waals surface area contributed by atoms with Crippen LogP contribution in [0, 0.1) is 5.92 Å². The molecule has 0 aromatic rings. The number of nitrogens with zero attached hydrogens (tertiary/aromatic N) is 1. The molecule has 0 aromatic heterocycles. The molecular weight excluding hydrogens is 216 g/mol. The number of hydrogen-bond acceptors (Lipinski definition) is 3. The van der Waals surface area contributed by atoms with Gasteiger partial charge in [0, 0.05) is 13.1 Å². The number of morpholine rings is 1. The maximum atomic E-state index is 12.0. The minimum absolute atomic E-state index is 0. The van der Waals surface area contributed by atoms with Crippen molar-refractivity contribution in [3.8, 4) is 0 Å². The summed E-state index contributed by atoms with van der Waals surface area (Å²) in [4.78, 5) is 14.0. The second-order valence-electron chi connectivity index (χ2n) is 4.34. The molecule has 5 heteroatoms. The van der Waals surface area contributed by atoms with Crippen LogP contribution in [-0.4, -0.2) is 49.2 Å². The summed E-state index contributed by atoms with van der Waals surface area (Å²) in [6.45, 7) is 7.15. The average Bonchev–Trinajstić information content (AvgIpc) is 2.00. The van der Waals surface area contributed by atoms with Crippen LogP contribution in [0.5, 0.6) is 0 Å². The Morgan fingerprint density at radius 1 is 1.27 bits per heavy atom. The van der Waals surface area contributed by atoms with Crippen LogP contribution in [0.1, 0.15) is 13.8 Å². The lowest BCUT2D eigenvalue weighted by atomic mass is 9.99. The van der Waals surface area contributed by atoms with Gasteiger partial charge >= 0.3 is 0 Å². The Morgan fingerprint density at radius 2 is 1.80 bits per heavy atom. The first kappa shape index (κ1) is 12.7. The number of amides is 1. The van der Waals surface area contributed by atoms with E-state index in [1.54, 1.807) is 0 Å². The van der Waals surface area contributed by atoms with Crippen molar-refractivity contribution in [3.05, 3.63) is 0 Å². The van der Waals surface area contributed by atoms with E-state index in [0.29, 0.717) is 19.1 Å². The molecule has 88 valence electrons.